The fraction of sp³-hybridized carbons (Fsp3) is 0.562. The van der Waals surface area contributed by atoms with E-state index >= 15 is 0 Å². The van der Waals surface area contributed by atoms with Crippen LogP contribution in [0.1, 0.15) is 42.6 Å². The summed E-state index contributed by atoms with van der Waals surface area (Å²) in [4.78, 5) is 12.8. The Morgan fingerprint density at radius 2 is 1.89 bits per heavy atom. The van der Waals surface area contributed by atoms with Gasteiger partial charge in [-0.1, -0.05) is 35.8 Å². The van der Waals surface area contributed by atoms with E-state index in [1.165, 1.54) is 5.56 Å². The number of rotatable bonds is 0. The second-order valence-corrected chi connectivity index (χ2v) is 7.36. The largest absolute Gasteiger partial charge is 0.393 e. The predicted octanol–water partition coefficient (Wildman–Crippen LogP) is 3.60. The molecule has 2 aliphatic rings. The molecule has 3 heteroatoms. The molecule has 0 saturated heterocycles. The van der Waals surface area contributed by atoms with E-state index in [1.807, 2.05) is 12.1 Å². The van der Waals surface area contributed by atoms with Gasteiger partial charge in [0.2, 0.25) is 0 Å². The maximum Gasteiger partial charge on any atom is 0.169 e. The number of carbonyl (C=O) groups is 1. The summed E-state index contributed by atoms with van der Waals surface area (Å²) in [5.74, 6) is 0.685. The summed E-state index contributed by atoms with van der Waals surface area (Å²) in [6, 6.07) is 6.02. The van der Waals surface area contributed by atoms with Gasteiger partial charge < -0.3 is 5.11 Å². The first-order valence-corrected chi connectivity index (χ1v) is 7.73. The van der Waals surface area contributed by atoms with Crippen molar-refractivity contribution in [2.24, 2.45) is 17.3 Å². The van der Waals surface area contributed by atoms with Gasteiger partial charge in [0.1, 0.15) is 0 Å². The van der Waals surface area contributed by atoms with Crippen LogP contribution in [-0.4, -0.2) is 17.0 Å². The van der Waals surface area contributed by atoms with Crippen molar-refractivity contribution < 1.29 is 9.90 Å². The summed E-state index contributed by atoms with van der Waals surface area (Å²) in [5, 5.41) is 10.1. The Labute approximate surface area is 122 Å². The number of benzene rings is 1. The summed E-state index contributed by atoms with van der Waals surface area (Å²) >= 11 is 3.45. The van der Waals surface area contributed by atoms with Crippen LogP contribution in [-0.2, 0) is 6.42 Å². The fourth-order valence-electron chi connectivity index (χ4n) is 4.09. The highest BCUT2D eigenvalue weighted by Crippen LogP contribution is 2.50. The Balaban J connectivity index is 1.99. The highest BCUT2D eigenvalue weighted by atomic mass is 79.9. The molecule has 0 aromatic heterocycles. The van der Waals surface area contributed by atoms with Gasteiger partial charge in [-0.15, -0.1) is 0 Å². The first kappa shape index (κ1) is 13.3. The first-order valence-electron chi connectivity index (χ1n) is 6.94. The van der Waals surface area contributed by atoms with E-state index in [4.69, 9.17) is 0 Å². The molecule has 0 radical (unpaired) electrons. The molecule has 0 amide bonds. The normalized spacial score (nSPS) is 37.7. The van der Waals surface area contributed by atoms with Crippen molar-refractivity contribution in [3.8, 4) is 0 Å². The van der Waals surface area contributed by atoms with E-state index in [2.05, 4.69) is 35.8 Å². The predicted molar refractivity (Wildman–Crippen MR) is 78.2 cm³/mol. The van der Waals surface area contributed by atoms with Gasteiger partial charge in [0.15, 0.2) is 5.78 Å². The third kappa shape index (κ3) is 1.98. The van der Waals surface area contributed by atoms with Crippen molar-refractivity contribution in [2.75, 3.05) is 0 Å². The molecule has 1 N–H and O–H groups in total. The number of aliphatic hydroxyl groups is 1. The number of fused-ring (bicyclic) bond motifs is 1. The van der Waals surface area contributed by atoms with Crippen molar-refractivity contribution >= 4 is 21.7 Å². The number of carbonyl (C=O) groups excluding carboxylic acids is 1. The van der Waals surface area contributed by atoms with Gasteiger partial charge >= 0.3 is 0 Å². The van der Waals surface area contributed by atoms with Crippen molar-refractivity contribution in [3.63, 3.8) is 0 Å². The highest BCUT2D eigenvalue weighted by molar-refractivity contribution is 9.10. The smallest absolute Gasteiger partial charge is 0.169 e. The minimum absolute atomic E-state index is 0.199. The summed E-state index contributed by atoms with van der Waals surface area (Å²) in [6.45, 7) is 4.13. The zero-order chi connectivity index (χ0) is 13.8. The van der Waals surface area contributed by atoms with Gasteiger partial charge in [0.05, 0.1) is 6.10 Å². The highest BCUT2D eigenvalue weighted by Gasteiger charge is 2.51. The first-order chi connectivity index (χ1) is 8.93. The molecule has 0 unspecified atom stereocenters. The Morgan fingerprint density at radius 1 is 1.26 bits per heavy atom. The summed E-state index contributed by atoms with van der Waals surface area (Å²) < 4.78 is 0.966. The van der Waals surface area contributed by atoms with Crippen LogP contribution in [0.25, 0.3) is 0 Å². The number of hydrogen-bond donors (Lipinski definition) is 1. The summed E-state index contributed by atoms with van der Waals surface area (Å²) in [7, 11) is 0. The molecule has 3 rings (SSSR count). The average molecular weight is 323 g/mol. The van der Waals surface area contributed by atoms with E-state index in [0.717, 1.165) is 29.3 Å². The molecule has 1 saturated carbocycles. The third-order valence-corrected chi connectivity index (χ3v) is 5.41. The van der Waals surface area contributed by atoms with Crippen LogP contribution in [0.2, 0.25) is 0 Å². The number of hydrogen-bond acceptors (Lipinski definition) is 2. The average Bonchev–Trinajstić information content (AvgIpc) is 2.60. The lowest BCUT2D eigenvalue weighted by Crippen LogP contribution is -2.44. The van der Waals surface area contributed by atoms with E-state index in [0.29, 0.717) is 0 Å². The second kappa shape index (κ2) is 4.42. The van der Waals surface area contributed by atoms with Crippen LogP contribution in [0.15, 0.2) is 22.7 Å². The Hall–Kier alpha value is -0.670. The molecule has 1 spiro atoms. The standard InChI is InChI=1S/C16H19BrO2/c1-9-6-16(7-10(2)14(9)18)8-11-3-4-12(17)5-13(11)15(16)19/h3-5,9-10,14,18H,6-8H2,1-2H3/t9-,10-,14?,16?/m1/s1. The summed E-state index contributed by atoms with van der Waals surface area (Å²) in [5.41, 5.74) is 1.79. The molecule has 2 aliphatic carbocycles. The molecule has 2 atom stereocenters. The zero-order valence-electron chi connectivity index (χ0n) is 11.3. The van der Waals surface area contributed by atoms with Gasteiger partial charge in [0.25, 0.3) is 0 Å². The minimum atomic E-state index is -0.270. The molecule has 2 nitrogen and oxygen atoms in total. The molecular formula is C16H19BrO2. The minimum Gasteiger partial charge on any atom is -0.393 e. The van der Waals surface area contributed by atoms with Crippen molar-refractivity contribution in [1.82, 2.24) is 0 Å². The quantitative estimate of drug-likeness (QED) is 0.792. The number of halogens is 1. The topological polar surface area (TPSA) is 37.3 Å². The summed E-state index contributed by atoms with van der Waals surface area (Å²) in [6.07, 6.45) is 2.19. The van der Waals surface area contributed by atoms with Gasteiger partial charge in [-0.25, -0.2) is 0 Å². The molecule has 0 heterocycles. The second-order valence-electron chi connectivity index (χ2n) is 6.44. The van der Waals surface area contributed by atoms with E-state index in [-0.39, 0.29) is 29.1 Å². The van der Waals surface area contributed by atoms with Crippen LogP contribution in [0.5, 0.6) is 0 Å². The fourth-order valence-corrected chi connectivity index (χ4v) is 4.45. The molecular weight excluding hydrogens is 304 g/mol. The third-order valence-electron chi connectivity index (χ3n) is 4.92. The molecule has 102 valence electrons. The molecule has 0 bridgehead atoms. The van der Waals surface area contributed by atoms with Crippen LogP contribution in [0.3, 0.4) is 0 Å². The van der Waals surface area contributed by atoms with Crippen molar-refractivity contribution in [2.45, 2.75) is 39.2 Å². The van der Waals surface area contributed by atoms with Gasteiger partial charge in [-0.3, -0.25) is 4.79 Å². The van der Waals surface area contributed by atoms with Crippen molar-refractivity contribution in [3.05, 3.63) is 33.8 Å². The Kier molecular flexibility index (Phi) is 3.10. The lowest BCUT2D eigenvalue weighted by atomic mass is 9.63. The van der Waals surface area contributed by atoms with Gasteiger partial charge in [-0.2, -0.15) is 0 Å². The van der Waals surface area contributed by atoms with Crippen LogP contribution >= 0.6 is 15.9 Å². The maximum atomic E-state index is 12.8. The lowest BCUT2D eigenvalue weighted by molar-refractivity contribution is -0.0161. The SMILES string of the molecule is C[C@@H]1CC2(Cc3ccc(Br)cc3C2=O)C[C@@H](C)C1O. The monoisotopic (exact) mass is 322 g/mol. The molecule has 1 fully saturated rings. The Morgan fingerprint density at radius 3 is 2.53 bits per heavy atom. The van der Waals surface area contributed by atoms with Crippen LogP contribution < -0.4 is 0 Å². The number of ketones is 1. The molecule has 19 heavy (non-hydrogen) atoms. The van der Waals surface area contributed by atoms with E-state index in [9.17, 15) is 9.90 Å². The Bertz CT molecular complexity index is 526. The maximum absolute atomic E-state index is 12.8. The van der Waals surface area contributed by atoms with Crippen LogP contribution in [0.4, 0.5) is 0 Å². The van der Waals surface area contributed by atoms with E-state index < -0.39 is 0 Å². The molecule has 1 aromatic carbocycles. The molecule has 1 aromatic rings. The van der Waals surface area contributed by atoms with Gasteiger partial charge in [-0.05, 0) is 48.8 Å². The van der Waals surface area contributed by atoms with E-state index in [1.54, 1.807) is 0 Å². The molecule has 0 aliphatic heterocycles. The number of aliphatic hydroxyl groups excluding tert-OH is 1. The zero-order valence-corrected chi connectivity index (χ0v) is 12.9. The van der Waals surface area contributed by atoms with Crippen molar-refractivity contribution in [1.29, 1.82) is 0 Å². The lowest BCUT2D eigenvalue weighted by Gasteiger charge is -2.42. The van der Waals surface area contributed by atoms with Gasteiger partial charge in [0, 0.05) is 15.5 Å². The van der Waals surface area contributed by atoms with Crippen LogP contribution in [0, 0.1) is 17.3 Å². The number of Topliss-reactive ketones (excluding diaryl/α,β-unsaturated/α-hetero) is 1.